The van der Waals surface area contributed by atoms with Crippen molar-refractivity contribution in [2.45, 2.75) is 33.2 Å². The van der Waals surface area contributed by atoms with Crippen LogP contribution >= 0.6 is 0 Å². The van der Waals surface area contributed by atoms with Gasteiger partial charge in [0.25, 0.3) is 0 Å². The van der Waals surface area contributed by atoms with Crippen LogP contribution in [0.25, 0.3) is 0 Å². The number of hydrogen-bond acceptors (Lipinski definition) is 4. The number of aryl methyl sites for hydroxylation is 1. The van der Waals surface area contributed by atoms with E-state index in [0.29, 0.717) is 13.0 Å². The number of amides is 2. The molecule has 24 heavy (non-hydrogen) atoms. The molecule has 0 radical (unpaired) electrons. The van der Waals surface area contributed by atoms with Crippen molar-refractivity contribution >= 4 is 27.3 Å². The molecule has 7 heteroatoms. The van der Waals surface area contributed by atoms with Crippen LogP contribution in [0.5, 0.6) is 0 Å². The summed E-state index contributed by atoms with van der Waals surface area (Å²) in [4.78, 5) is 27.7. The van der Waals surface area contributed by atoms with Crippen molar-refractivity contribution in [1.82, 2.24) is 4.90 Å². The number of anilines is 1. The summed E-state index contributed by atoms with van der Waals surface area (Å²) in [5.41, 5.74) is 1.83. The Labute approximate surface area is 143 Å². The van der Waals surface area contributed by atoms with Gasteiger partial charge in [0, 0.05) is 25.2 Å². The number of rotatable bonds is 5. The molecular weight excluding hydrogens is 328 g/mol. The Balaban J connectivity index is 2.16. The zero-order valence-corrected chi connectivity index (χ0v) is 15.2. The van der Waals surface area contributed by atoms with Crippen LogP contribution in [0.2, 0.25) is 0 Å². The summed E-state index contributed by atoms with van der Waals surface area (Å²) in [6.07, 6.45) is 0.395. The Morgan fingerprint density at radius 1 is 1.29 bits per heavy atom. The molecule has 1 fully saturated rings. The maximum absolute atomic E-state index is 12.7. The Morgan fingerprint density at radius 2 is 2.00 bits per heavy atom. The molecule has 0 spiro atoms. The highest BCUT2D eigenvalue weighted by Crippen LogP contribution is 2.20. The summed E-state index contributed by atoms with van der Waals surface area (Å²) >= 11 is 0. The molecule has 1 aliphatic rings. The molecule has 0 N–H and O–H groups in total. The van der Waals surface area contributed by atoms with E-state index in [1.807, 2.05) is 38.1 Å². The lowest BCUT2D eigenvalue weighted by Crippen LogP contribution is -2.47. The van der Waals surface area contributed by atoms with E-state index in [-0.39, 0.29) is 29.9 Å². The minimum absolute atomic E-state index is 0.0591. The molecule has 1 heterocycles. The van der Waals surface area contributed by atoms with Crippen LogP contribution in [0.15, 0.2) is 24.3 Å². The molecule has 0 aromatic heterocycles. The van der Waals surface area contributed by atoms with Gasteiger partial charge in [0.2, 0.25) is 11.8 Å². The van der Waals surface area contributed by atoms with Gasteiger partial charge in [-0.2, -0.15) is 0 Å². The minimum atomic E-state index is -3.11. The smallest absolute Gasteiger partial charge is 0.246 e. The van der Waals surface area contributed by atoms with Crippen molar-refractivity contribution in [1.29, 1.82) is 0 Å². The van der Waals surface area contributed by atoms with Gasteiger partial charge in [-0.05, 0) is 38.0 Å². The third-order valence-electron chi connectivity index (χ3n) is 4.29. The first-order valence-corrected chi connectivity index (χ1v) is 9.90. The van der Waals surface area contributed by atoms with E-state index in [1.165, 1.54) is 11.8 Å². The fraction of sp³-hybridized carbons (Fsp3) is 0.529. The highest BCUT2D eigenvalue weighted by Gasteiger charge is 2.35. The van der Waals surface area contributed by atoms with Gasteiger partial charge in [0.05, 0.1) is 11.5 Å². The lowest BCUT2D eigenvalue weighted by molar-refractivity contribution is -0.135. The first kappa shape index (κ1) is 18.4. The quantitative estimate of drug-likeness (QED) is 0.802. The van der Waals surface area contributed by atoms with E-state index in [1.54, 1.807) is 4.90 Å². The van der Waals surface area contributed by atoms with Crippen LogP contribution in [0, 0.1) is 6.92 Å². The average molecular weight is 352 g/mol. The first-order valence-electron chi connectivity index (χ1n) is 8.08. The predicted molar refractivity (Wildman–Crippen MR) is 93.7 cm³/mol. The second-order valence-electron chi connectivity index (χ2n) is 6.18. The molecule has 1 atom stereocenters. The molecule has 2 amide bonds. The summed E-state index contributed by atoms with van der Waals surface area (Å²) in [6.45, 7) is 5.58. The van der Waals surface area contributed by atoms with Crippen molar-refractivity contribution < 1.29 is 18.0 Å². The molecule has 1 aromatic rings. The van der Waals surface area contributed by atoms with Crippen LogP contribution in [0.4, 0.5) is 5.69 Å². The second-order valence-corrected chi connectivity index (χ2v) is 8.41. The molecule has 1 aromatic carbocycles. The monoisotopic (exact) mass is 352 g/mol. The maximum atomic E-state index is 12.7. The number of benzene rings is 1. The predicted octanol–water partition coefficient (Wildman–Crippen LogP) is 1.38. The average Bonchev–Trinajstić information content (AvgIpc) is 2.85. The molecule has 0 bridgehead atoms. The topological polar surface area (TPSA) is 74.8 Å². The normalized spacial score (nSPS) is 19.0. The van der Waals surface area contributed by atoms with Crippen LogP contribution < -0.4 is 4.90 Å². The fourth-order valence-corrected chi connectivity index (χ4v) is 4.78. The molecule has 6 nitrogen and oxygen atoms in total. The van der Waals surface area contributed by atoms with Crippen LogP contribution in [-0.2, 0) is 19.4 Å². The summed E-state index contributed by atoms with van der Waals surface area (Å²) < 4.78 is 23.3. The number of nitrogens with zero attached hydrogens (tertiary/aromatic N) is 2. The zero-order valence-electron chi connectivity index (χ0n) is 14.4. The molecule has 1 saturated heterocycles. The van der Waals surface area contributed by atoms with E-state index in [4.69, 9.17) is 0 Å². The van der Waals surface area contributed by atoms with Crippen LogP contribution in [0.3, 0.4) is 0 Å². The Morgan fingerprint density at radius 3 is 2.50 bits per heavy atom. The van der Waals surface area contributed by atoms with Crippen molar-refractivity contribution in [2.75, 3.05) is 29.5 Å². The summed E-state index contributed by atoms with van der Waals surface area (Å²) in [5, 5.41) is 0. The summed E-state index contributed by atoms with van der Waals surface area (Å²) in [7, 11) is -3.11. The molecular formula is C17H24N2O4S. The van der Waals surface area contributed by atoms with E-state index in [0.717, 1.165) is 11.3 Å². The molecule has 2 rings (SSSR count). The number of likely N-dealkylation sites (N-methyl/N-ethyl adjacent to an activating group) is 1. The highest BCUT2D eigenvalue weighted by molar-refractivity contribution is 7.91. The molecule has 0 saturated carbocycles. The van der Waals surface area contributed by atoms with E-state index >= 15 is 0 Å². The van der Waals surface area contributed by atoms with Gasteiger partial charge in [-0.1, -0.05) is 12.1 Å². The number of carbonyl (C=O) groups excluding carboxylic acids is 2. The SMILES string of the molecule is CCN(C(=O)CN(C(C)=O)C1CCS(=O)(=O)C1)c1cccc(C)c1. The molecule has 132 valence electrons. The highest BCUT2D eigenvalue weighted by atomic mass is 32.2. The van der Waals surface area contributed by atoms with Crippen molar-refractivity contribution in [3.63, 3.8) is 0 Å². The van der Waals surface area contributed by atoms with Crippen LogP contribution in [-0.4, -0.2) is 55.8 Å². The number of sulfone groups is 1. The van der Waals surface area contributed by atoms with Crippen molar-refractivity contribution in [3.8, 4) is 0 Å². The number of hydrogen-bond donors (Lipinski definition) is 0. The lowest BCUT2D eigenvalue weighted by Gasteiger charge is -2.30. The van der Waals surface area contributed by atoms with Crippen molar-refractivity contribution in [2.24, 2.45) is 0 Å². The van der Waals surface area contributed by atoms with Gasteiger partial charge in [-0.25, -0.2) is 8.42 Å². The zero-order chi connectivity index (χ0) is 17.9. The molecule has 1 unspecified atom stereocenters. The number of carbonyl (C=O) groups is 2. The van der Waals surface area contributed by atoms with E-state index in [2.05, 4.69) is 0 Å². The second kappa shape index (κ2) is 7.34. The third-order valence-corrected chi connectivity index (χ3v) is 6.04. The molecule has 0 aliphatic carbocycles. The summed E-state index contributed by atoms with van der Waals surface area (Å²) in [5.74, 6) is -0.463. The van der Waals surface area contributed by atoms with Gasteiger partial charge in [-0.15, -0.1) is 0 Å². The largest absolute Gasteiger partial charge is 0.330 e. The Hall–Kier alpha value is -1.89. The van der Waals surface area contributed by atoms with Gasteiger partial charge in [0.15, 0.2) is 9.84 Å². The van der Waals surface area contributed by atoms with Gasteiger partial charge in [0.1, 0.15) is 6.54 Å². The van der Waals surface area contributed by atoms with Gasteiger partial charge < -0.3 is 9.80 Å². The fourth-order valence-electron chi connectivity index (χ4n) is 3.05. The van der Waals surface area contributed by atoms with Crippen LogP contribution in [0.1, 0.15) is 25.8 Å². The van der Waals surface area contributed by atoms with Gasteiger partial charge in [-0.3, -0.25) is 9.59 Å². The third kappa shape index (κ3) is 4.35. The van der Waals surface area contributed by atoms with E-state index < -0.39 is 15.9 Å². The minimum Gasteiger partial charge on any atom is -0.330 e. The Bertz CT molecular complexity index is 730. The standard InChI is InChI=1S/C17H24N2O4S/c1-4-18(15-7-5-6-13(2)10-15)17(21)11-19(14(3)20)16-8-9-24(22,23)12-16/h5-7,10,16H,4,8-9,11-12H2,1-3H3. The first-order chi connectivity index (χ1) is 11.2. The summed E-state index contributed by atoms with van der Waals surface area (Å²) in [6, 6.07) is 7.19. The van der Waals surface area contributed by atoms with Crippen molar-refractivity contribution in [3.05, 3.63) is 29.8 Å². The molecule has 1 aliphatic heterocycles. The lowest BCUT2D eigenvalue weighted by atomic mass is 10.2. The van der Waals surface area contributed by atoms with E-state index in [9.17, 15) is 18.0 Å². The maximum Gasteiger partial charge on any atom is 0.246 e. The Kier molecular flexibility index (Phi) is 5.64. The van der Waals surface area contributed by atoms with Gasteiger partial charge >= 0.3 is 0 Å².